The van der Waals surface area contributed by atoms with Crippen molar-refractivity contribution in [2.75, 3.05) is 19.6 Å². The largest absolute Gasteiger partial charge is 0.338 e. The van der Waals surface area contributed by atoms with E-state index in [-0.39, 0.29) is 11.8 Å². The molecule has 3 rings (SSSR count). The number of hydrogen-bond donors (Lipinski definition) is 0. The van der Waals surface area contributed by atoms with E-state index in [9.17, 15) is 13.2 Å². The van der Waals surface area contributed by atoms with Crippen molar-refractivity contribution in [1.29, 1.82) is 0 Å². The molecule has 2 aromatic carbocycles. The fourth-order valence-corrected chi connectivity index (χ4v) is 5.38. The van der Waals surface area contributed by atoms with Gasteiger partial charge in [-0.25, -0.2) is 8.42 Å². The van der Waals surface area contributed by atoms with Crippen molar-refractivity contribution in [3.05, 3.63) is 65.2 Å². The van der Waals surface area contributed by atoms with Gasteiger partial charge in [0, 0.05) is 32.1 Å². The zero-order valence-corrected chi connectivity index (χ0v) is 19.0. The molecular weight excluding hydrogens is 396 g/mol. The summed E-state index contributed by atoms with van der Waals surface area (Å²) in [6, 6.07) is 15.2. The Morgan fingerprint density at radius 3 is 2.03 bits per heavy atom. The molecule has 1 aliphatic heterocycles. The third kappa shape index (κ3) is 5.29. The van der Waals surface area contributed by atoms with Gasteiger partial charge in [-0.1, -0.05) is 54.4 Å². The van der Waals surface area contributed by atoms with E-state index in [1.165, 1.54) is 9.87 Å². The van der Waals surface area contributed by atoms with Gasteiger partial charge < -0.3 is 4.90 Å². The summed E-state index contributed by atoms with van der Waals surface area (Å²) in [6.07, 6.45) is 2.04. The monoisotopic (exact) mass is 428 g/mol. The lowest BCUT2D eigenvalue weighted by molar-refractivity contribution is -0.137. The first-order valence-electron chi connectivity index (χ1n) is 10.7. The maximum atomic E-state index is 13.2. The molecule has 0 bridgehead atoms. The van der Waals surface area contributed by atoms with Gasteiger partial charge in [-0.2, -0.15) is 4.31 Å². The molecule has 0 atom stereocenters. The van der Waals surface area contributed by atoms with Crippen molar-refractivity contribution in [1.82, 2.24) is 9.21 Å². The SMILES string of the molecule is CCCN(Cc1ccc(C)cc1)C(=O)C1CCN(S(=O)(=O)c2ccc(C)cc2)CC1. The Hall–Kier alpha value is -2.18. The summed E-state index contributed by atoms with van der Waals surface area (Å²) in [5.74, 6) is 0.0243. The first kappa shape index (κ1) is 22.5. The topological polar surface area (TPSA) is 57.7 Å². The molecule has 0 radical (unpaired) electrons. The molecule has 0 aliphatic carbocycles. The van der Waals surface area contributed by atoms with E-state index in [1.807, 2.05) is 24.0 Å². The number of carbonyl (C=O) groups excluding carboxylic acids is 1. The van der Waals surface area contributed by atoms with E-state index in [2.05, 4.69) is 38.1 Å². The Morgan fingerprint density at radius 2 is 1.50 bits per heavy atom. The molecule has 0 aromatic heterocycles. The van der Waals surface area contributed by atoms with Gasteiger partial charge in [-0.05, 0) is 50.8 Å². The molecule has 2 aromatic rings. The second kappa shape index (κ2) is 9.75. The van der Waals surface area contributed by atoms with Crippen LogP contribution in [0.3, 0.4) is 0 Å². The zero-order valence-electron chi connectivity index (χ0n) is 18.2. The van der Waals surface area contributed by atoms with Crippen LogP contribution < -0.4 is 0 Å². The molecule has 0 saturated carbocycles. The molecule has 1 amide bonds. The van der Waals surface area contributed by atoms with Gasteiger partial charge in [-0.15, -0.1) is 0 Å². The molecule has 1 fully saturated rings. The van der Waals surface area contributed by atoms with E-state index < -0.39 is 10.0 Å². The molecule has 1 saturated heterocycles. The predicted molar refractivity (Wildman–Crippen MR) is 120 cm³/mol. The summed E-state index contributed by atoms with van der Waals surface area (Å²) < 4.78 is 27.3. The molecular formula is C24H32N2O3S. The van der Waals surface area contributed by atoms with E-state index in [0.717, 1.165) is 17.5 Å². The number of carbonyl (C=O) groups is 1. The van der Waals surface area contributed by atoms with Crippen molar-refractivity contribution in [2.24, 2.45) is 5.92 Å². The molecule has 0 spiro atoms. The van der Waals surface area contributed by atoms with Gasteiger partial charge in [0.05, 0.1) is 4.90 Å². The zero-order chi connectivity index (χ0) is 21.7. The number of piperidine rings is 1. The summed E-state index contributed by atoms with van der Waals surface area (Å²) in [5.41, 5.74) is 3.36. The highest BCUT2D eigenvalue weighted by atomic mass is 32.2. The Kier molecular flexibility index (Phi) is 7.32. The molecule has 1 aliphatic rings. The summed E-state index contributed by atoms with van der Waals surface area (Å²) in [5, 5.41) is 0. The van der Waals surface area contributed by atoms with Crippen molar-refractivity contribution >= 4 is 15.9 Å². The van der Waals surface area contributed by atoms with Gasteiger partial charge in [-0.3, -0.25) is 4.79 Å². The van der Waals surface area contributed by atoms with Gasteiger partial charge >= 0.3 is 0 Å². The number of amides is 1. The lowest BCUT2D eigenvalue weighted by Crippen LogP contribution is -2.44. The normalized spacial score (nSPS) is 15.8. The summed E-state index contributed by atoms with van der Waals surface area (Å²) in [7, 11) is -3.50. The highest BCUT2D eigenvalue weighted by Gasteiger charge is 2.33. The second-order valence-electron chi connectivity index (χ2n) is 8.24. The Morgan fingerprint density at radius 1 is 0.967 bits per heavy atom. The summed E-state index contributed by atoms with van der Waals surface area (Å²) in [4.78, 5) is 15.4. The third-order valence-corrected chi connectivity index (χ3v) is 7.67. The highest BCUT2D eigenvalue weighted by molar-refractivity contribution is 7.89. The van der Waals surface area contributed by atoms with E-state index in [4.69, 9.17) is 0 Å². The van der Waals surface area contributed by atoms with Crippen LogP contribution in [0.25, 0.3) is 0 Å². The van der Waals surface area contributed by atoms with Crippen LogP contribution in [0.4, 0.5) is 0 Å². The minimum Gasteiger partial charge on any atom is -0.338 e. The first-order chi connectivity index (χ1) is 14.3. The van der Waals surface area contributed by atoms with Crippen LogP contribution in [0, 0.1) is 19.8 Å². The number of rotatable bonds is 7. The van der Waals surface area contributed by atoms with Crippen molar-refractivity contribution in [3.63, 3.8) is 0 Å². The molecule has 0 unspecified atom stereocenters. The average molecular weight is 429 g/mol. The van der Waals surface area contributed by atoms with Crippen LogP contribution in [0.1, 0.15) is 42.9 Å². The third-order valence-electron chi connectivity index (χ3n) is 5.76. The van der Waals surface area contributed by atoms with Crippen LogP contribution >= 0.6 is 0 Å². The number of aryl methyl sites for hydroxylation is 2. The smallest absolute Gasteiger partial charge is 0.243 e. The van der Waals surface area contributed by atoms with Crippen molar-refractivity contribution in [2.45, 2.75) is 51.5 Å². The molecule has 30 heavy (non-hydrogen) atoms. The van der Waals surface area contributed by atoms with Gasteiger partial charge in [0.2, 0.25) is 15.9 Å². The Labute approximate surface area is 180 Å². The second-order valence-corrected chi connectivity index (χ2v) is 10.2. The fourth-order valence-electron chi connectivity index (χ4n) is 3.91. The van der Waals surface area contributed by atoms with Crippen molar-refractivity contribution in [3.8, 4) is 0 Å². The van der Waals surface area contributed by atoms with E-state index in [1.54, 1.807) is 12.1 Å². The number of hydrogen-bond acceptors (Lipinski definition) is 3. The highest BCUT2D eigenvalue weighted by Crippen LogP contribution is 2.26. The fraction of sp³-hybridized carbons (Fsp3) is 0.458. The van der Waals surface area contributed by atoms with Crippen LogP contribution in [0.15, 0.2) is 53.4 Å². The summed E-state index contributed by atoms with van der Waals surface area (Å²) >= 11 is 0. The van der Waals surface area contributed by atoms with E-state index in [0.29, 0.717) is 43.9 Å². The lowest BCUT2D eigenvalue weighted by atomic mass is 9.96. The van der Waals surface area contributed by atoms with Crippen LogP contribution in [-0.4, -0.2) is 43.2 Å². The van der Waals surface area contributed by atoms with Gasteiger partial charge in [0.25, 0.3) is 0 Å². The first-order valence-corrected chi connectivity index (χ1v) is 12.2. The lowest BCUT2D eigenvalue weighted by Gasteiger charge is -2.33. The minimum absolute atomic E-state index is 0.119. The number of sulfonamides is 1. The van der Waals surface area contributed by atoms with Crippen molar-refractivity contribution < 1.29 is 13.2 Å². The van der Waals surface area contributed by atoms with Crippen LogP contribution in [0.5, 0.6) is 0 Å². The van der Waals surface area contributed by atoms with Gasteiger partial charge in [0.1, 0.15) is 0 Å². The molecule has 1 heterocycles. The maximum absolute atomic E-state index is 13.2. The molecule has 0 N–H and O–H groups in total. The average Bonchev–Trinajstić information content (AvgIpc) is 2.75. The molecule has 162 valence electrons. The number of nitrogens with zero attached hydrogens (tertiary/aromatic N) is 2. The minimum atomic E-state index is -3.50. The molecule has 5 nitrogen and oxygen atoms in total. The van der Waals surface area contributed by atoms with Gasteiger partial charge in [0.15, 0.2) is 0 Å². The quantitative estimate of drug-likeness (QED) is 0.666. The Bertz CT molecular complexity index is 945. The standard InChI is InChI=1S/C24H32N2O3S/c1-4-15-25(18-21-9-5-19(2)6-10-21)24(27)22-13-16-26(17-14-22)30(28,29)23-11-7-20(3)8-12-23/h5-12,22H,4,13-18H2,1-3H3. The van der Waals surface area contributed by atoms with E-state index >= 15 is 0 Å². The maximum Gasteiger partial charge on any atom is 0.243 e. The number of benzene rings is 2. The molecule has 6 heteroatoms. The van der Waals surface area contributed by atoms with Crippen LogP contribution in [-0.2, 0) is 21.4 Å². The summed E-state index contributed by atoms with van der Waals surface area (Å²) in [6.45, 7) is 8.16. The Balaban J connectivity index is 1.64. The van der Waals surface area contributed by atoms with Crippen LogP contribution in [0.2, 0.25) is 0 Å². The predicted octanol–water partition coefficient (Wildman–Crippen LogP) is 4.14.